The first-order valence-corrected chi connectivity index (χ1v) is 8.61. The molecule has 2 N–H and O–H groups in total. The van der Waals surface area contributed by atoms with Crippen molar-refractivity contribution in [2.45, 2.75) is 20.3 Å². The Morgan fingerprint density at radius 3 is 2.38 bits per heavy atom. The van der Waals surface area contributed by atoms with Crippen molar-refractivity contribution in [2.24, 2.45) is 0 Å². The van der Waals surface area contributed by atoms with Crippen molar-refractivity contribution in [1.29, 1.82) is 0 Å². The molecule has 0 fully saturated rings. The van der Waals surface area contributed by atoms with Crippen LogP contribution in [-0.2, 0) is 0 Å². The lowest BCUT2D eigenvalue weighted by molar-refractivity contribution is 0.628. The Balaban J connectivity index is 1.72. The van der Waals surface area contributed by atoms with Gasteiger partial charge in [-0.3, -0.25) is 0 Å². The Morgan fingerprint density at radius 2 is 1.75 bits per heavy atom. The zero-order chi connectivity index (χ0) is 17.4. The van der Waals surface area contributed by atoms with E-state index in [4.69, 9.17) is 12.2 Å². The lowest BCUT2D eigenvalue weighted by Crippen LogP contribution is -2.32. The lowest BCUT2D eigenvalue weighted by Gasteiger charge is -2.23. The summed E-state index contributed by atoms with van der Waals surface area (Å²) in [5.41, 5.74) is 3.30. The van der Waals surface area contributed by atoms with Crippen LogP contribution in [0.25, 0.3) is 0 Å². The molecular formula is C19H24FN3S. The Hall–Kier alpha value is -2.14. The van der Waals surface area contributed by atoms with Gasteiger partial charge in [-0.25, -0.2) is 4.39 Å². The maximum absolute atomic E-state index is 12.9. The molecule has 0 radical (unpaired) electrons. The van der Waals surface area contributed by atoms with Crippen molar-refractivity contribution in [3.05, 3.63) is 59.9 Å². The fourth-order valence-electron chi connectivity index (χ4n) is 2.41. The highest BCUT2D eigenvalue weighted by Crippen LogP contribution is 2.15. The molecule has 0 aromatic heterocycles. The van der Waals surface area contributed by atoms with Crippen LogP contribution in [0.15, 0.2) is 48.5 Å². The van der Waals surface area contributed by atoms with E-state index in [9.17, 15) is 4.39 Å². The van der Waals surface area contributed by atoms with Gasteiger partial charge in [0, 0.05) is 31.0 Å². The number of benzene rings is 2. The second-order valence-electron chi connectivity index (χ2n) is 5.66. The summed E-state index contributed by atoms with van der Waals surface area (Å²) in [6.07, 6.45) is 0.979. The fraction of sp³-hybridized carbons (Fsp3) is 0.316. The summed E-state index contributed by atoms with van der Waals surface area (Å²) in [5, 5.41) is 6.79. The van der Waals surface area contributed by atoms with Gasteiger partial charge in [0.2, 0.25) is 0 Å². The van der Waals surface area contributed by atoms with Crippen LogP contribution in [-0.4, -0.2) is 24.7 Å². The van der Waals surface area contributed by atoms with Crippen LogP contribution in [0.2, 0.25) is 0 Å². The number of thiocarbonyl (C=S) groups is 1. The zero-order valence-electron chi connectivity index (χ0n) is 14.2. The quantitative estimate of drug-likeness (QED) is 0.577. The van der Waals surface area contributed by atoms with Crippen molar-refractivity contribution < 1.29 is 4.39 Å². The molecule has 2 aromatic rings. The van der Waals surface area contributed by atoms with E-state index < -0.39 is 0 Å². The van der Waals surface area contributed by atoms with E-state index in [1.165, 1.54) is 23.4 Å². The molecule has 0 amide bonds. The van der Waals surface area contributed by atoms with Gasteiger partial charge in [0.1, 0.15) is 5.82 Å². The molecule has 0 saturated carbocycles. The van der Waals surface area contributed by atoms with Gasteiger partial charge in [-0.2, -0.15) is 0 Å². The van der Waals surface area contributed by atoms with Crippen LogP contribution in [0, 0.1) is 12.7 Å². The monoisotopic (exact) mass is 345 g/mol. The molecule has 0 unspecified atom stereocenters. The number of halogens is 1. The van der Waals surface area contributed by atoms with Crippen LogP contribution >= 0.6 is 12.2 Å². The molecule has 2 rings (SSSR count). The number of rotatable bonds is 7. The normalized spacial score (nSPS) is 10.3. The van der Waals surface area contributed by atoms with E-state index >= 15 is 0 Å². The molecule has 0 saturated heterocycles. The van der Waals surface area contributed by atoms with E-state index in [1.54, 1.807) is 12.1 Å². The first-order valence-electron chi connectivity index (χ1n) is 8.20. The highest BCUT2D eigenvalue weighted by Gasteiger charge is 2.04. The largest absolute Gasteiger partial charge is 0.372 e. The zero-order valence-corrected chi connectivity index (χ0v) is 15.0. The van der Waals surface area contributed by atoms with Crippen LogP contribution in [0.3, 0.4) is 0 Å². The van der Waals surface area contributed by atoms with Gasteiger partial charge in [0.25, 0.3) is 0 Å². The summed E-state index contributed by atoms with van der Waals surface area (Å²) in [6.45, 7) is 6.98. The fourth-order valence-corrected chi connectivity index (χ4v) is 2.63. The average Bonchev–Trinajstić information content (AvgIpc) is 2.58. The van der Waals surface area contributed by atoms with E-state index in [2.05, 4.69) is 53.6 Å². The average molecular weight is 345 g/mol. The number of aryl methyl sites for hydroxylation is 1. The molecule has 5 heteroatoms. The molecule has 0 aliphatic rings. The van der Waals surface area contributed by atoms with Crippen molar-refractivity contribution in [1.82, 2.24) is 5.32 Å². The Labute approximate surface area is 148 Å². The van der Waals surface area contributed by atoms with Gasteiger partial charge in [-0.05, 0) is 68.9 Å². The third-order valence-corrected chi connectivity index (χ3v) is 4.02. The summed E-state index contributed by atoms with van der Waals surface area (Å²) in [4.78, 5) is 2.34. The topological polar surface area (TPSA) is 27.3 Å². The summed E-state index contributed by atoms with van der Waals surface area (Å²) in [5.74, 6) is -0.254. The third-order valence-electron chi connectivity index (χ3n) is 3.77. The van der Waals surface area contributed by atoms with Crippen molar-refractivity contribution >= 4 is 28.7 Å². The van der Waals surface area contributed by atoms with Crippen LogP contribution in [0.4, 0.5) is 15.8 Å². The molecule has 3 nitrogen and oxygen atoms in total. The lowest BCUT2D eigenvalue weighted by atomic mass is 10.2. The maximum Gasteiger partial charge on any atom is 0.170 e. The minimum absolute atomic E-state index is 0.254. The Bertz CT molecular complexity index is 641. The van der Waals surface area contributed by atoms with Crippen LogP contribution in [0.5, 0.6) is 0 Å². The molecule has 0 spiro atoms. The van der Waals surface area contributed by atoms with Crippen molar-refractivity contribution in [3.8, 4) is 0 Å². The summed E-state index contributed by atoms with van der Waals surface area (Å²) < 4.78 is 12.9. The van der Waals surface area contributed by atoms with Crippen LogP contribution < -0.4 is 15.5 Å². The van der Waals surface area contributed by atoms with E-state index in [1.807, 2.05) is 0 Å². The van der Waals surface area contributed by atoms with Crippen molar-refractivity contribution in [2.75, 3.05) is 29.9 Å². The van der Waals surface area contributed by atoms with Gasteiger partial charge in [-0.1, -0.05) is 17.7 Å². The maximum atomic E-state index is 12.9. The molecule has 0 heterocycles. The number of nitrogens with one attached hydrogen (secondary N) is 2. The molecule has 0 atom stereocenters. The van der Waals surface area contributed by atoms with Gasteiger partial charge in [-0.15, -0.1) is 0 Å². The first kappa shape index (κ1) is 18.2. The second kappa shape index (κ2) is 9.23. The number of anilines is 2. The van der Waals surface area contributed by atoms with Crippen LogP contribution in [0.1, 0.15) is 18.9 Å². The Kier molecular flexibility index (Phi) is 7.00. The van der Waals surface area contributed by atoms with Gasteiger partial charge in [0.05, 0.1) is 0 Å². The van der Waals surface area contributed by atoms with E-state index in [-0.39, 0.29) is 5.82 Å². The molecule has 0 aliphatic carbocycles. The van der Waals surface area contributed by atoms with Gasteiger partial charge >= 0.3 is 0 Å². The molecule has 0 bridgehead atoms. The summed E-state index contributed by atoms with van der Waals surface area (Å²) in [7, 11) is 0. The molecular weight excluding hydrogens is 321 g/mol. The minimum atomic E-state index is -0.254. The number of hydrogen-bond donors (Lipinski definition) is 2. The minimum Gasteiger partial charge on any atom is -0.372 e. The highest BCUT2D eigenvalue weighted by atomic mass is 32.1. The standard InChI is InChI=1S/C19H24FN3S/c1-3-23(18-11-5-15(2)6-12-18)14-4-13-21-19(24)22-17-9-7-16(20)8-10-17/h5-12H,3-4,13-14H2,1-2H3,(H2,21,22,24). The SMILES string of the molecule is CCN(CCCNC(=S)Nc1ccc(F)cc1)c1ccc(C)cc1. The predicted molar refractivity (Wildman–Crippen MR) is 104 cm³/mol. The van der Waals surface area contributed by atoms with E-state index in [0.717, 1.165) is 31.7 Å². The predicted octanol–water partition coefficient (Wildman–Crippen LogP) is 4.34. The number of hydrogen-bond acceptors (Lipinski definition) is 2. The Morgan fingerprint density at radius 1 is 1.08 bits per heavy atom. The smallest absolute Gasteiger partial charge is 0.170 e. The number of nitrogens with zero attached hydrogens (tertiary/aromatic N) is 1. The summed E-state index contributed by atoms with van der Waals surface area (Å²) in [6, 6.07) is 14.7. The third kappa shape index (κ3) is 5.81. The van der Waals surface area contributed by atoms with Crippen molar-refractivity contribution in [3.63, 3.8) is 0 Å². The summed E-state index contributed by atoms with van der Waals surface area (Å²) >= 11 is 5.25. The molecule has 0 aliphatic heterocycles. The first-order chi connectivity index (χ1) is 11.6. The highest BCUT2D eigenvalue weighted by molar-refractivity contribution is 7.80. The molecule has 2 aromatic carbocycles. The van der Waals surface area contributed by atoms with Gasteiger partial charge in [0.15, 0.2) is 5.11 Å². The molecule has 24 heavy (non-hydrogen) atoms. The second-order valence-corrected chi connectivity index (χ2v) is 6.06. The molecule has 128 valence electrons. The van der Waals surface area contributed by atoms with Gasteiger partial charge < -0.3 is 15.5 Å². The van der Waals surface area contributed by atoms with E-state index in [0.29, 0.717) is 5.11 Å².